The third kappa shape index (κ3) is 6.41. The quantitative estimate of drug-likeness (QED) is 0.121. The van der Waals surface area contributed by atoms with Crippen molar-refractivity contribution in [1.29, 1.82) is 0 Å². The molecule has 0 unspecified atom stereocenters. The molecule has 1 aromatic heterocycles. The Morgan fingerprint density at radius 1 is 0.675 bits per heavy atom. The second kappa shape index (κ2) is 13.5. The number of para-hydroxylation sites is 1. The van der Waals surface area contributed by atoms with Gasteiger partial charge >= 0.3 is 13.3 Å². The summed E-state index contributed by atoms with van der Waals surface area (Å²) in [6, 6.07) is 30.0. The van der Waals surface area contributed by atoms with Crippen LogP contribution in [0, 0.1) is 0 Å². The van der Waals surface area contributed by atoms with Crippen LogP contribution in [0.4, 0.5) is 0 Å². The van der Waals surface area contributed by atoms with Crippen LogP contribution in [0.25, 0.3) is 28.2 Å². The molecule has 0 aliphatic carbocycles. The van der Waals surface area contributed by atoms with Crippen molar-refractivity contribution in [3.05, 3.63) is 101 Å². The molecule has 0 aliphatic heterocycles. The zero-order valence-corrected chi connectivity index (χ0v) is 24.5. The summed E-state index contributed by atoms with van der Waals surface area (Å²) in [5.74, 6) is 0. The summed E-state index contributed by atoms with van der Waals surface area (Å²) in [5.41, 5.74) is 4.57. The number of hydrogen-bond acceptors (Lipinski definition) is 2. The van der Waals surface area contributed by atoms with Gasteiger partial charge in [-0.3, -0.25) is 13.7 Å². The number of hydrogen-bond donors (Lipinski definition) is 2. The number of imidazole rings is 1. The fourth-order valence-corrected chi connectivity index (χ4v) is 7.01. The summed E-state index contributed by atoms with van der Waals surface area (Å²) in [6.45, 7) is 4.34. The first kappa shape index (κ1) is 29.8. The molecular weight excluding hydrogens is 519 g/mol. The molecule has 0 fully saturated rings. The van der Waals surface area contributed by atoms with Crippen LogP contribution in [0.15, 0.2) is 95.8 Å². The van der Waals surface area contributed by atoms with E-state index >= 15 is 0 Å². The van der Waals surface area contributed by atoms with Gasteiger partial charge in [-0.05, 0) is 37.8 Å². The molecule has 7 heteroatoms. The van der Waals surface area contributed by atoms with Crippen molar-refractivity contribution in [3.8, 4) is 28.2 Å². The highest BCUT2D eigenvalue weighted by molar-refractivity contribution is 7.53. The normalized spacial score (nSPS) is 12.1. The Bertz CT molecular complexity index is 1450. The summed E-state index contributed by atoms with van der Waals surface area (Å²) >= 11 is 0. The fraction of sp³-hybridized carbons (Fsp3) is 0.364. The van der Waals surface area contributed by atoms with Gasteiger partial charge in [0.05, 0.1) is 22.2 Å². The molecule has 1 heterocycles. The van der Waals surface area contributed by atoms with E-state index in [9.17, 15) is 19.1 Å². The van der Waals surface area contributed by atoms with Gasteiger partial charge in [0.2, 0.25) is 0 Å². The maximum Gasteiger partial charge on any atom is 0.333 e. The molecule has 4 rings (SSSR count). The molecule has 4 aromatic rings. The largest absolute Gasteiger partial charge is 0.333 e. The Morgan fingerprint density at radius 2 is 1.15 bits per heavy atom. The number of rotatable bonds is 14. The molecule has 0 saturated heterocycles. The maximum absolute atomic E-state index is 14.0. The highest BCUT2D eigenvalue weighted by atomic mass is 31.2. The molecule has 0 atom stereocenters. The highest BCUT2D eigenvalue weighted by Gasteiger charge is 2.42. The van der Waals surface area contributed by atoms with Gasteiger partial charge in [0.15, 0.2) is 0 Å². The van der Waals surface area contributed by atoms with Gasteiger partial charge in [-0.15, -0.1) is 0 Å². The summed E-state index contributed by atoms with van der Waals surface area (Å²) in [4.78, 5) is 33.9. The molecule has 0 saturated carbocycles. The summed E-state index contributed by atoms with van der Waals surface area (Å²) in [5, 5.41) is -0.904. The van der Waals surface area contributed by atoms with Crippen LogP contribution in [0.5, 0.6) is 0 Å². The van der Waals surface area contributed by atoms with Gasteiger partial charge in [0.1, 0.15) is 0 Å². The van der Waals surface area contributed by atoms with E-state index in [1.54, 1.807) is 0 Å². The molecule has 0 bridgehead atoms. The fourth-order valence-electron chi connectivity index (χ4n) is 5.74. The molecule has 212 valence electrons. The van der Waals surface area contributed by atoms with Crippen LogP contribution < -0.4 is 5.69 Å². The molecule has 6 nitrogen and oxygen atoms in total. The molecule has 2 N–H and O–H groups in total. The molecule has 0 spiro atoms. The Balaban J connectivity index is 1.58. The van der Waals surface area contributed by atoms with E-state index in [-0.39, 0.29) is 5.69 Å². The summed E-state index contributed by atoms with van der Waals surface area (Å²) in [7, 11) is -4.14. The predicted octanol–water partition coefficient (Wildman–Crippen LogP) is 8.05. The lowest BCUT2D eigenvalue weighted by molar-refractivity contribution is 0.300. The molecule has 0 radical (unpaired) electrons. The first-order chi connectivity index (χ1) is 19.3. The van der Waals surface area contributed by atoms with Crippen molar-refractivity contribution in [3.63, 3.8) is 0 Å². The third-order valence-corrected chi connectivity index (χ3v) is 10.3. The zero-order valence-electron chi connectivity index (χ0n) is 23.6. The lowest BCUT2D eigenvalue weighted by Gasteiger charge is -2.32. The van der Waals surface area contributed by atoms with Crippen molar-refractivity contribution in [2.75, 3.05) is 0 Å². The Labute approximate surface area is 237 Å². The van der Waals surface area contributed by atoms with Crippen LogP contribution in [0.2, 0.25) is 0 Å². The Kier molecular flexibility index (Phi) is 10.0. The monoisotopic (exact) mass is 560 g/mol. The van der Waals surface area contributed by atoms with Crippen LogP contribution in [0.3, 0.4) is 0 Å². The zero-order chi connectivity index (χ0) is 28.6. The van der Waals surface area contributed by atoms with Gasteiger partial charge < -0.3 is 9.79 Å². The van der Waals surface area contributed by atoms with E-state index < -0.39 is 12.8 Å². The van der Waals surface area contributed by atoms with Crippen molar-refractivity contribution in [2.24, 2.45) is 0 Å². The smallest absolute Gasteiger partial charge is 0.324 e. The highest BCUT2D eigenvalue weighted by Crippen LogP contribution is 2.57. The maximum atomic E-state index is 14.0. The average Bonchev–Trinajstić information content (AvgIpc) is 3.27. The molecule has 40 heavy (non-hydrogen) atoms. The van der Waals surface area contributed by atoms with E-state index in [0.717, 1.165) is 60.3 Å². The minimum atomic E-state index is -4.14. The van der Waals surface area contributed by atoms with Gasteiger partial charge in [0.25, 0.3) is 0 Å². The van der Waals surface area contributed by atoms with Crippen LogP contribution in [0.1, 0.15) is 65.2 Å². The van der Waals surface area contributed by atoms with E-state index in [1.165, 1.54) is 0 Å². The number of unbranched alkanes of at least 4 members (excludes halogenated alkanes) is 4. The summed E-state index contributed by atoms with van der Waals surface area (Å²) < 4.78 is 15.9. The molecule has 0 aliphatic rings. The van der Waals surface area contributed by atoms with Crippen LogP contribution in [-0.4, -0.2) is 24.1 Å². The van der Waals surface area contributed by atoms with Crippen molar-refractivity contribution < 1.29 is 14.4 Å². The molecule has 0 amide bonds. The number of aromatic nitrogens is 2. The van der Waals surface area contributed by atoms with E-state index in [4.69, 9.17) is 0 Å². The SMILES string of the molecule is CCC(CC)(CCCCCCCn1c(-c2ccccc2)c(-c2ccccc2)n(-c2ccccc2)c1=O)P(=O)(O)O. The lowest BCUT2D eigenvalue weighted by atomic mass is 9.94. The Hall–Kier alpha value is -3.18. The van der Waals surface area contributed by atoms with Gasteiger partial charge in [-0.25, -0.2) is 4.79 Å². The number of nitrogens with zero attached hydrogens (tertiary/aromatic N) is 2. The van der Waals surface area contributed by atoms with Crippen molar-refractivity contribution in [1.82, 2.24) is 9.13 Å². The second-order valence-electron chi connectivity index (χ2n) is 10.5. The molecule has 3 aromatic carbocycles. The van der Waals surface area contributed by atoms with E-state index in [1.807, 2.05) is 89.7 Å². The van der Waals surface area contributed by atoms with Crippen LogP contribution >= 0.6 is 7.60 Å². The minimum Gasteiger partial charge on any atom is -0.324 e. The van der Waals surface area contributed by atoms with Crippen LogP contribution in [-0.2, 0) is 11.1 Å². The van der Waals surface area contributed by atoms with Crippen molar-refractivity contribution >= 4 is 7.60 Å². The average molecular weight is 561 g/mol. The summed E-state index contributed by atoms with van der Waals surface area (Å²) in [6.07, 6.45) is 5.99. The van der Waals surface area contributed by atoms with Gasteiger partial charge in [0, 0.05) is 17.7 Å². The predicted molar refractivity (Wildman–Crippen MR) is 164 cm³/mol. The van der Waals surface area contributed by atoms with Gasteiger partial charge in [-0.2, -0.15) is 0 Å². The third-order valence-electron chi connectivity index (χ3n) is 8.21. The first-order valence-electron chi connectivity index (χ1n) is 14.4. The number of benzene rings is 3. The minimum absolute atomic E-state index is 0.0544. The lowest BCUT2D eigenvalue weighted by Crippen LogP contribution is -2.27. The standard InChI is InChI=1S/C33H41N2O4P/c1-3-33(4-2,40(37,38)39)25-17-6-5-7-18-26-34-30(27-19-11-8-12-20-27)31(28-21-13-9-14-22-28)35(32(34)36)29-23-15-10-16-24-29/h8-16,19-24H,3-7,17-18,25-26H2,1-2H3,(H2,37,38,39). The Morgan fingerprint density at radius 3 is 1.68 bits per heavy atom. The second-order valence-corrected chi connectivity index (χ2v) is 12.6. The first-order valence-corrected chi connectivity index (χ1v) is 16.0. The van der Waals surface area contributed by atoms with E-state index in [2.05, 4.69) is 24.3 Å². The molecular formula is C33H41N2O4P. The topological polar surface area (TPSA) is 84.5 Å². The van der Waals surface area contributed by atoms with Gasteiger partial charge in [-0.1, -0.05) is 118 Å². The van der Waals surface area contributed by atoms with Crippen molar-refractivity contribution in [2.45, 2.75) is 76.9 Å². The van der Waals surface area contributed by atoms with E-state index in [0.29, 0.717) is 25.8 Å².